The summed E-state index contributed by atoms with van der Waals surface area (Å²) in [4.78, 5) is 130. The maximum absolute atomic E-state index is 15.1. The minimum atomic E-state index is -5.87. The molecule has 19 nitrogen and oxygen atoms in total. The van der Waals surface area contributed by atoms with E-state index < -0.39 is 96.4 Å². The highest BCUT2D eigenvalue weighted by molar-refractivity contribution is 7.52. The molecule has 8 amide bonds. The van der Waals surface area contributed by atoms with Gasteiger partial charge in [-0.15, -0.1) is 11.3 Å². The number of benzene rings is 4. The maximum atomic E-state index is 15.1. The number of amides is 8. The van der Waals surface area contributed by atoms with Gasteiger partial charge in [0.15, 0.2) is 6.61 Å². The number of rotatable bonds is 12. The van der Waals surface area contributed by atoms with Gasteiger partial charge in [0, 0.05) is 41.8 Å². The fourth-order valence-corrected chi connectivity index (χ4v) is 11.0. The number of halogens is 2. The van der Waals surface area contributed by atoms with Crippen molar-refractivity contribution in [1.29, 1.82) is 0 Å². The lowest BCUT2D eigenvalue weighted by Crippen LogP contribution is -2.61. The maximum Gasteiger partial charge on any atom is 0.399 e. The number of carbonyl (C=O) groups excluding carboxylic acids is 8. The van der Waals surface area contributed by atoms with E-state index in [-0.39, 0.29) is 85.1 Å². The molecule has 4 atom stereocenters. The quantitative estimate of drug-likeness (QED) is 0.0642. The first-order valence-corrected chi connectivity index (χ1v) is 26.8. The van der Waals surface area contributed by atoms with Crippen LogP contribution < -0.4 is 20.7 Å². The molecule has 2 unspecified atom stereocenters. The van der Waals surface area contributed by atoms with E-state index in [9.17, 15) is 56.7 Å². The third-order valence-electron chi connectivity index (χ3n) is 13.7. The standard InChI is InChI=1S/C54H51F2N6O13PS/c1-53(2,3)46(59-48(66)43-26-33-23-35(13-17-42(33)77-43)54(55,56)76(71,72)73)52(70)61-27-34-24-36(14-12-32(34)25-40(61)51(69)60-20-21-74-41(28-60)31-9-5-4-6-10-31)75-29-45(64)57-19-7-8-30-11-15-37-38(22-30)50(68)62(49(37)67)39-16-18-44(63)58-47(39)65/h4-6,9-15,17,22-24,26,39-41,46H,16,18-21,25,27-29H2,1-3H3,(H,57,64)(H,59,66)(H,58,63,65)(H2,71,72,73)/t39?,40-,41-,46?/m0/s1. The molecule has 5 aromatic rings. The van der Waals surface area contributed by atoms with Crippen molar-refractivity contribution < 1.29 is 71.0 Å². The molecule has 4 aliphatic rings. The summed E-state index contributed by atoms with van der Waals surface area (Å²) in [5, 5.41) is 7.75. The number of hydrogen-bond donors (Lipinski definition) is 5. The summed E-state index contributed by atoms with van der Waals surface area (Å²) in [6, 6.07) is 19.8. The topological polar surface area (TPSA) is 258 Å². The van der Waals surface area contributed by atoms with Gasteiger partial charge >= 0.3 is 13.3 Å². The Labute approximate surface area is 443 Å². The van der Waals surface area contributed by atoms with Crippen LogP contribution in [0.3, 0.4) is 0 Å². The first kappa shape index (κ1) is 54.1. The second kappa shape index (κ2) is 21.4. The van der Waals surface area contributed by atoms with Gasteiger partial charge in [0.05, 0.1) is 35.7 Å². The Morgan fingerprint density at radius 2 is 1.69 bits per heavy atom. The molecule has 77 heavy (non-hydrogen) atoms. The highest BCUT2D eigenvalue weighted by Gasteiger charge is 2.51. The van der Waals surface area contributed by atoms with Crippen LogP contribution in [-0.2, 0) is 51.9 Å². The van der Waals surface area contributed by atoms with Crippen molar-refractivity contribution in [2.24, 2.45) is 5.41 Å². The monoisotopic (exact) mass is 1090 g/mol. The molecule has 0 saturated carbocycles. The summed E-state index contributed by atoms with van der Waals surface area (Å²) >= 11 is 0.931. The summed E-state index contributed by atoms with van der Waals surface area (Å²) < 4.78 is 53.2. The van der Waals surface area contributed by atoms with Crippen LogP contribution in [0.4, 0.5) is 8.78 Å². The van der Waals surface area contributed by atoms with E-state index in [4.69, 9.17) is 9.47 Å². The fraction of sp³-hybridized carbons (Fsp3) is 0.333. The van der Waals surface area contributed by atoms with Gasteiger partial charge < -0.3 is 39.7 Å². The minimum absolute atomic E-state index is 0.0138. The zero-order chi connectivity index (χ0) is 55.1. The third kappa shape index (κ3) is 11.3. The molecule has 4 aliphatic heterocycles. The Hall–Kier alpha value is -7.67. The van der Waals surface area contributed by atoms with Crippen LogP contribution >= 0.6 is 18.9 Å². The molecule has 4 aromatic carbocycles. The number of nitrogens with one attached hydrogen (secondary N) is 3. The number of hydrogen-bond acceptors (Lipinski definition) is 12. The predicted molar refractivity (Wildman–Crippen MR) is 273 cm³/mol. The van der Waals surface area contributed by atoms with Crippen molar-refractivity contribution in [3.05, 3.63) is 135 Å². The molecule has 1 aromatic heterocycles. The largest absolute Gasteiger partial charge is 0.484 e. The molecule has 0 aliphatic carbocycles. The van der Waals surface area contributed by atoms with Gasteiger partial charge in [0.2, 0.25) is 23.6 Å². The number of piperidine rings is 1. The number of ether oxygens (including phenoxy) is 2. The van der Waals surface area contributed by atoms with Crippen molar-refractivity contribution in [2.45, 2.75) is 76.5 Å². The van der Waals surface area contributed by atoms with Crippen LogP contribution in [0.1, 0.15) is 97.9 Å². The fourth-order valence-electron chi connectivity index (χ4n) is 9.60. The lowest BCUT2D eigenvalue weighted by Gasteiger charge is -2.43. The highest BCUT2D eigenvalue weighted by atomic mass is 32.1. The van der Waals surface area contributed by atoms with Gasteiger partial charge in [0.1, 0.15) is 30.0 Å². The normalized spacial score (nSPS) is 19.2. The predicted octanol–water partition coefficient (Wildman–Crippen LogP) is 4.77. The lowest BCUT2D eigenvalue weighted by atomic mass is 9.84. The van der Waals surface area contributed by atoms with Crippen LogP contribution in [0, 0.1) is 17.3 Å². The van der Waals surface area contributed by atoms with E-state index in [1.165, 1.54) is 35.2 Å². The van der Waals surface area contributed by atoms with Crippen molar-refractivity contribution in [2.75, 3.05) is 32.8 Å². The summed E-state index contributed by atoms with van der Waals surface area (Å²) in [5.74, 6) is 1.20. The van der Waals surface area contributed by atoms with E-state index in [1.807, 2.05) is 30.3 Å². The van der Waals surface area contributed by atoms with E-state index in [0.717, 1.165) is 39.5 Å². The number of thiophene rings is 1. The average Bonchev–Trinajstić information content (AvgIpc) is 4.00. The van der Waals surface area contributed by atoms with Gasteiger partial charge in [-0.1, -0.05) is 75.1 Å². The van der Waals surface area contributed by atoms with E-state index in [2.05, 4.69) is 27.8 Å². The Bertz CT molecular complexity index is 3380. The summed E-state index contributed by atoms with van der Waals surface area (Å²) in [6.45, 7) is 5.27. The Balaban J connectivity index is 0.893. The Kier molecular flexibility index (Phi) is 15.0. The Morgan fingerprint density at radius 3 is 2.42 bits per heavy atom. The first-order valence-electron chi connectivity index (χ1n) is 24.4. The Morgan fingerprint density at radius 1 is 0.935 bits per heavy atom. The smallest absolute Gasteiger partial charge is 0.399 e. The minimum Gasteiger partial charge on any atom is -0.484 e. The van der Waals surface area contributed by atoms with Gasteiger partial charge in [-0.05, 0) is 82.4 Å². The molecule has 0 bridgehead atoms. The highest BCUT2D eigenvalue weighted by Crippen LogP contribution is 2.59. The molecule has 2 saturated heterocycles. The van der Waals surface area contributed by atoms with Crippen molar-refractivity contribution in [3.63, 3.8) is 0 Å². The molecule has 0 radical (unpaired) electrons. The van der Waals surface area contributed by atoms with E-state index in [0.29, 0.717) is 15.8 Å². The number of nitrogens with zero attached hydrogens (tertiary/aromatic N) is 3. The number of carbonyl (C=O) groups is 8. The van der Waals surface area contributed by atoms with Crippen LogP contribution in [0.2, 0.25) is 0 Å². The van der Waals surface area contributed by atoms with Gasteiger partial charge in [0.25, 0.3) is 23.6 Å². The van der Waals surface area contributed by atoms with Crippen LogP contribution in [0.25, 0.3) is 10.1 Å². The average molecular weight is 1090 g/mol. The first-order chi connectivity index (χ1) is 36.5. The molecular formula is C54H51F2N6O13PS. The molecule has 5 heterocycles. The number of imide groups is 2. The molecule has 2 fully saturated rings. The number of morpholine rings is 1. The summed E-state index contributed by atoms with van der Waals surface area (Å²) in [5.41, 5.74) is -3.62. The van der Waals surface area contributed by atoms with Gasteiger partial charge in [-0.3, -0.25) is 53.1 Å². The zero-order valence-electron chi connectivity index (χ0n) is 41.7. The van der Waals surface area contributed by atoms with Gasteiger partial charge in [-0.2, -0.15) is 8.78 Å². The molecule has 5 N–H and O–H groups in total. The molecule has 0 spiro atoms. The van der Waals surface area contributed by atoms with Gasteiger partial charge in [-0.25, -0.2) is 0 Å². The second-order valence-electron chi connectivity index (χ2n) is 20.0. The van der Waals surface area contributed by atoms with Crippen LogP contribution in [0.15, 0.2) is 91.0 Å². The lowest BCUT2D eigenvalue weighted by molar-refractivity contribution is -0.153. The summed E-state index contributed by atoms with van der Waals surface area (Å²) in [6.07, 6.45) is -0.337. The van der Waals surface area contributed by atoms with E-state index >= 15 is 4.79 Å². The molecule has 400 valence electrons. The molecule has 23 heteroatoms. The van der Waals surface area contributed by atoms with Crippen LogP contribution in [-0.4, -0.2) is 123 Å². The van der Waals surface area contributed by atoms with E-state index in [1.54, 1.807) is 43.9 Å². The number of alkyl halides is 2. The zero-order valence-corrected chi connectivity index (χ0v) is 43.4. The van der Waals surface area contributed by atoms with Crippen LogP contribution in [0.5, 0.6) is 5.75 Å². The molecular weight excluding hydrogens is 1040 g/mol. The summed E-state index contributed by atoms with van der Waals surface area (Å²) in [7, 11) is -5.87. The number of fused-ring (bicyclic) bond motifs is 3. The third-order valence-corrected chi connectivity index (χ3v) is 15.8. The second-order valence-corrected chi connectivity index (χ2v) is 22.7. The van der Waals surface area contributed by atoms with Crippen molar-refractivity contribution in [1.82, 2.24) is 30.7 Å². The van der Waals surface area contributed by atoms with Crippen molar-refractivity contribution >= 4 is 76.3 Å². The molecule has 9 rings (SSSR count). The van der Waals surface area contributed by atoms with Crippen molar-refractivity contribution in [3.8, 4) is 17.6 Å². The SMILES string of the molecule is CC(C)(C)C(NC(=O)c1cc2cc(C(F)(F)P(=O)(O)O)ccc2s1)C(=O)N1Cc2cc(OCC(=O)NCC#Cc3ccc4c(c3)C(=O)N(C3CCC(=O)NC3=O)C4=O)ccc2C[C@H]1C(=O)N1CCO[C@H](c2ccccc2)C1.